The molecular weight excluding hydrogens is 316 g/mol. The van der Waals surface area contributed by atoms with Gasteiger partial charge in [-0.05, 0) is 49.6 Å². The number of nitrogens with zero attached hydrogens (tertiary/aromatic N) is 1. The topological polar surface area (TPSA) is 90.0 Å². The van der Waals surface area contributed by atoms with E-state index in [4.69, 9.17) is 10.2 Å². The molecule has 0 aliphatic carbocycles. The van der Waals surface area contributed by atoms with E-state index in [0.29, 0.717) is 12.0 Å². The van der Waals surface area contributed by atoms with Gasteiger partial charge in [0.15, 0.2) is 0 Å². The zero-order valence-corrected chi connectivity index (χ0v) is 14.6. The van der Waals surface area contributed by atoms with Crippen molar-refractivity contribution in [3.8, 4) is 0 Å². The van der Waals surface area contributed by atoms with Crippen LogP contribution in [-0.4, -0.2) is 33.7 Å². The fraction of sp³-hybridized carbons (Fsp3) is 0.474. The number of unbranched alkanes of at least 4 members (excludes halogenated alkanes) is 1. The minimum atomic E-state index is -0.544. The highest BCUT2D eigenvalue weighted by Gasteiger charge is 2.28. The Labute approximate surface area is 147 Å². The summed E-state index contributed by atoms with van der Waals surface area (Å²) in [6, 6.07) is 6.34. The molecule has 134 valence electrons. The zero-order valence-electron chi connectivity index (χ0n) is 14.6. The van der Waals surface area contributed by atoms with Crippen molar-refractivity contribution in [3.63, 3.8) is 0 Å². The number of aromatic nitrogens is 2. The van der Waals surface area contributed by atoms with E-state index in [9.17, 15) is 4.79 Å². The first-order valence-electron chi connectivity index (χ1n) is 9.06. The molecule has 2 unspecified atom stereocenters. The summed E-state index contributed by atoms with van der Waals surface area (Å²) in [6.07, 6.45) is 8.92. The molecule has 0 spiro atoms. The molecule has 2 aromatic rings. The van der Waals surface area contributed by atoms with Crippen LogP contribution < -0.4 is 10.8 Å². The largest absolute Gasteiger partial charge is 0.342 e. The van der Waals surface area contributed by atoms with Gasteiger partial charge in [0.2, 0.25) is 0 Å². The number of hydrogen-bond donors (Lipinski definition) is 4. The van der Waals surface area contributed by atoms with Crippen molar-refractivity contribution in [1.82, 2.24) is 20.8 Å². The molecule has 6 heteroatoms. The lowest BCUT2D eigenvalue weighted by molar-refractivity contribution is -0.124. The maximum absolute atomic E-state index is 11.1. The lowest BCUT2D eigenvalue weighted by atomic mass is 9.87. The number of imidazole rings is 1. The Hall–Kier alpha value is -2.18. The van der Waals surface area contributed by atoms with E-state index >= 15 is 0 Å². The van der Waals surface area contributed by atoms with Crippen LogP contribution in [0.5, 0.6) is 0 Å². The highest BCUT2D eigenvalue weighted by Crippen LogP contribution is 2.30. The molecule has 0 saturated carbocycles. The lowest BCUT2D eigenvalue weighted by Crippen LogP contribution is -2.40. The van der Waals surface area contributed by atoms with Gasteiger partial charge in [0.05, 0.1) is 11.0 Å². The molecule has 1 saturated heterocycles. The molecule has 0 bridgehead atoms. The number of rotatable bonds is 6. The lowest BCUT2D eigenvalue weighted by Gasteiger charge is -2.31. The predicted molar refractivity (Wildman–Crippen MR) is 98.3 cm³/mol. The van der Waals surface area contributed by atoms with Crippen molar-refractivity contribution in [2.75, 3.05) is 6.54 Å². The molecule has 25 heavy (non-hydrogen) atoms. The van der Waals surface area contributed by atoms with E-state index in [1.807, 2.05) is 18.2 Å². The fourth-order valence-corrected chi connectivity index (χ4v) is 3.54. The summed E-state index contributed by atoms with van der Waals surface area (Å²) in [5.74, 6) is 0.932. The maximum atomic E-state index is 11.1. The van der Waals surface area contributed by atoms with Gasteiger partial charge in [-0.25, -0.2) is 10.5 Å². The van der Waals surface area contributed by atoms with Crippen LogP contribution >= 0.6 is 0 Å². The Morgan fingerprint density at radius 2 is 2.36 bits per heavy atom. The van der Waals surface area contributed by atoms with E-state index in [-0.39, 0.29) is 0 Å². The second kappa shape index (κ2) is 8.27. The number of aromatic amines is 1. The summed E-state index contributed by atoms with van der Waals surface area (Å²) in [5.41, 5.74) is 4.39. The van der Waals surface area contributed by atoms with Gasteiger partial charge < -0.3 is 10.3 Å². The van der Waals surface area contributed by atoms with Crippen LogP contribution in [0.2, 0.25) is 0 Å². The van der Waals surface area contributed by atoms with Gasteiger partial charge in [0.25, 0.3) is 5.91 Å². The summed E-state index contributed by atoms with van der Waals surface area (Å²) in [6.45, 7) is 3.32. The third kappa shape index (κ3) is 4.27. The summed E-state index contributed by atoms with van der Waals surface area (Å²) in [5, 5.41) is 12.2. The van der Waals surface area contributed by atoms with Gasteiger partial charge in [0.1, 0.15) is 5.82 Å². The quantitative estimate of drug-likeness (QED) is 0.369. The molecule has 1 fully saturated rings. The Bertz CT molecular complexity index is 753. The van der Waals surface area contributed by atoms with Crippen LogP contribution in [0.3, 0.4) is 0 Å². The number of H-pyrrole nitrogens is 1. The third-order valence-corrected chi connectivity index (χ3v) is 4.87. The standard InChI is InChI=1S/C19H26N4O2/c1-2-3-6-15-14(5-4-11-20-15)19-21-16-9-7-13(12-17(16)22-19)8-10-18(24)23-25/h7-10,12,14-15,20,25H,2-6,11H2,1H3,(H,21,22)(H,23,24)/b10-8+. The first kappa shape index (κ1) is 17.6. The molecule has 1 aromatic carbocycles. The summed E-state index contributed by atoms with van der Waals surface area (Å²) < 4.78 is 0. The van der Waals surface area contributed by atoms with Crippen molar-refractivity contribution in [3.05, 3.63) is 35.7 Å². The molecule has 2 heterocycles. The SMILES string of the molecule is CCCCC1NCCCC1c1nc2ccc(/C=C/C(=O)NO)cc2[nH]1. The van der Waals surface area contributed by atoms with E-state index in [0.717, 1.165) is 35.4 Å². The number of carbonyl (C=O) groups excluding carboxylic acids is 1. The van der Waals surface area contributed by atoms with Crippen LogP contribution in [0.1, 0.15) is 56.3 Å². The third-order valence-electron chi connectivity index (χ3n) is 4.87. The molecular formula is C19H26N4O2. The molecule has 6 nitrogen and oxygen atoms in total. The number of benzene rings is 1. The van der Waals surface area contributed by atoms with E-state index in [1.165, 1.54) is 31.8 Å². The monoisotopic (exact) mass is 342 g/mol. The number of hydrogen-bond acceptors (Lipinski definition) is 4. The summed E-state index contributed by atoms with van der Waals surface area (Å²) in [7, 11) is 0. The highest BCUT2D eigenvalue weighted by molar-refractivity contribution is 5.91. The van der Waals surface area contributed by atoms with Crippen molar-refractivity contribution < 1.29 is 10.0 Å². The van der Waals surface area contributed by atoms with E-state index in [1.54, 1.807) is 11.6 Å². The van der Waals surface area contributed by atoms with Crippen LogP contribution in [0.4, 0.5) is 0 Å². The highest BCUT2D eigenvalue weighted by atomic mass is 16.5. The molecule has 2 atom stereocenters. The van der Waals surface area contributed by atoms with Crippen LogP contribution in [0.15, 0.2) is 24.3 Å². The Balaban J connectivity index is 1.82. The number of carbonyl (C=O) groups is 1. The minimum Gasteiger partial charge on any atom is -0.342 e. The van der Waals surface area contributed by atoms with Crippen LogP contribution in [0.25, 0.3) is 17.1 Å². The average Bonchev–Trinajstić information content (AvgIpc) is 3.07. The van der Waals surface area contributed by atoms with Gasteiger partial charge in [0, 0.05) is 18.0 Å². The predicted octanol–water partition coefficient (Wildman–Crippen LogP) is 3.11. The van der Waals surface area contributed by atoms with Crippen LogP contribution in [-0.2, 0) is 4.79 Å². The number of amides is 1. The number of fused-ring (bicyclic) bond motifs is 1. The zero-order chi connectivity index (χ0) is 17.6. The minimum absolute atomic E-state index is 0.423. The van der Waals surface area contributed by atoms with Gasteiger partial charge in [-0.2, -0.15) is 0 Å². The number of piperidine rings is 1. The van der Waals surface area contributed by atoms with Crippen LogP contribution in [0, 0.1) is 0 Å². The Morgan fingerprint density at radius 1 is 1.48 bits per heavy atom. The van der Waals surface area contributed by atoms with E-state index in [2.05, 4.69) is 17.2 Å². The molecule has 1 aromatic heterocycles. The molecule has 0 radical (unpaired) electrons. The van der Waals surface area contributed by atoms with Gasteiger partial charge >= 0.3 is 0 Å². The molecule has 4 N–H and O–H groups in total. The molecule has 3 rings (SSSR count). The van der Waals surface area contributed by atoms with Crippen molar-refractivity contribution in [2.45, 2.75) is 51.0 Å². The second-order valence-corrected chi connectivity index (χ2v) is 6.66. The molecule has 1 aliphatic heterocycles. The van der Waals surface area contributed by atoms with Crippen molar-refractivity contribution >= 4 is 23.0 Å². The van der Waals surface area contributed by atoms with Gasteiger partial charge in [-0.15, -0.1) is 0 Å². The number of nitrogens with one attached hydrogen (secondary N) is 3. The van der Waals surface area contributed by atoms with E-state index < -0.39 is 5.91 Å². The smallest absolute Gasteiger partial charge is 0.267 e. The van der Waals surface area contributed by atoms with Crippen molar-refractivity contribution in [1.29, 1.82) is 0 Å². The second-order valence-electron chi connectivity index (χ2n) is 6.66. The molecule has 1 amide bonds. The van der Waals surface area contributed by atoms with Gasteiger partial charge in [-0.3, -0.25) is 10.0 Å². The molecule has 1 aliphatic rings. The maximum Gasteiger partial charge on any atom is 0.267 e. The first-order chi connectivity index (χ1) is 12.2. The fourth-order valence-electron chi connectivity index (χ4n) is 3.54. The number of hydroxylamine groups is 1. The van der Waals surface area contributed by atoms with Gasteiger partial charge in [-0.1, -0.05) is 25.8 Å². The average molecular weight is 342 g/mol. The van der Waals surface area contributed by atoms with Crippen molar-refractivity contribution in [2.24, 2.45) is 0 Å². The first-order valence-corrected chi connectivity index (χ1v) is 9.06. The Morgan fingerprint density at radius 3 is 3.16 bits per heavy atom. The summed E-state index contributed by atoms with van der Waals surface area (Å²) >= 11 is 0. The normalized spacial score (nSPS) is 21.0. The summed E-state index contributed by atoms with van der Waals surface area (Å²) in [4.78, 5) is 19.4. The Kier molecular flexibility index (Phi) is 5.83.